The summed E-state index contributed by atoms with van der Waals surface area (Å²) in [5, 5.41) is 8.10. The molecule has 0 aromatic heterocycles. The summed E-state index contributed by atoms with van der Waals surface area (Å²) in [6, 6.07) is 2.08. The Kier molecular flexibility index (Phi) is 3.97. The number of allylic oxidation sites excluding steroid dienone is 2. The van der Waals surface area contributed by atoms with E-state index in [1.807, 2.05) is 13.8 Å². The molecule has 44 valence electrons. The van der Waals surface area contributed by atoms with Crippen LogP contribution in [0.1, 0.15) is 26.7 Å². The Balaban J connectivity index is 3.20. The molecule has 0 fully saturated rings. The van der Waals surface area contributed by atoms with Crippen LogP contribution in [0.2, 0.25) is 0 Å². The first-order chi connectivity index (χ1) is 3.77. The maximum absolute atomic E-state index is 8.10. The summed E-state index contributed by atoms with van der Waals surface area (Å²) in [6.07, 6.45) is 3.62. The van der Waals surface area contributed by atoms with Gasteiger partial charge in [0.25, 0.3) is 0 Å². The Labute approximate surface area is 50.6 Å². The monoisotopic (exact) mass is 109 g/mol. The lowest BCUT2D eigenvalue weighted by molar-refractivity contribution is 1.04. The molecule has 0 N–H and O–H groups in total. The molecule has 0 aliphatic carbocycles. The van der Waals surface area contributed by atoms with E-state index in [2.05, 4.69) is 12.1 Å². The van der Waals surface area contributed by atoms with E-state index in [-0.39, 0.29) is 0 Å². The van der Waals surface area contributed by atoms with Crippen molar-refractivity contribution in [3.63, 3.8) is 0 Å². The van der Waals surface area contributed by atoms with Crippen molar-refractivity contribution in [2.75, 3.05) is 0 Å². The van der Waals surface area contributed by atoms with Crippen LogP contribution in [-0.2, 0) is 0 Å². The molecule has 0 bridgehead atoms. The summed E-state index contributed by atoms with van der Waals surface area (Å²) < 4.78 is 0. The van der Waals surface area contributed by atoms with Crippen LogP contribution in [0.15, 0.2) is 11.6 Å². The molecule has 0 aliphatic rings. The van der Waals surface area contributed by atoms with Gasteiger partial charge in [-0.15, -0.1) is 0 Å². The lowest BCUT2D eigenvalue weighted by Crippen LogP contribution is -1.66. The molecule has 1 nitrogen and oxygen atoms in total. The molecule has 0 aliphatic heterocycles. The number of nitrogens with zero attached hydrogens (tertiary/aromatic N) is 1. The predicted molar refractivity (Wildman–Crippen MR) is 34.3 cm³/mol. The van der Waals surface area contributed by atoms with Gasteiger partial charge < -0.3 is 0 Å². The third-order valence-corrected chi connectivity index (χ3v) is 0.809. The average Bonchev–Trinajstić information content (AvgIpc) is 1.66. The van der Waals surface area contributed by atoms with E-state index < -0.39 is 0 Å². The second-order valence-corrected chi connectivity index (χ2v) is 1.98. The highest BCUT2D eigenvalue weighted by atomic mass is 14.2. The van der Waals surface area contributed by atoms with Crippen LogP contribution in [0.25, 0.3) is 0 Å². The lowest BCUT2D eigenvalue weighted by Gasteiger charge is -1.83. The molecule has 8 heavy (non-hydrogen) atoms. The van der Waals surface area contributed by atoms with E-state index in [9.17, 15) is 0 Å². The van der Waals surface area contributed by atoms with E-state index in [1.165, 1.54) is 5.57 Å². The maximum atomic E-state index is 8.10. The zero-order valence-electron chi connectivity index (χ0n) is 5.44. The molecule has 0 radical (unpaired) electrons. The van der Waals surface area contributed by atoms with Gasteiger partial charge in [0.2, 0.25) is 0 Å². The zero-order valence-corrected chi connectivity index (χ0v) is 5.44. The van der Waals surface area contributed by atoms with Gasteiger partial charge in [-0.05, 0) is 20.3 Å². The van der Waals surface area contributed by atoms with Crippen molar-refractivity contribution in [2.24, 2.45) is 0 Å². The topological polar surface area (TPSA) is 23.8 Å². The molecule has 0 atom stereocenters. The molecule has 0 saturated carbocycles. The van der Waals surface area contributed by atoms with Gasteiger partial charge in [0.1, 0.15) is 0 Å². The molecule has 0 rings (SSSR count). The predicted octanol–water partition coefficient (Wildman–Crippen LogP) is 2.26. The molecule has 1 heteroatoms. The second-order valence-electron chi connectivity index (χ2n) is 1.98. The third kappa shape index (κ3) is 5.23. The minimum atomic E-state index is 0.644. The Morgan fingerprint density at radius 2 is 2.25 bits per heavy atom. The SMILES string of the molecule is CC(C)=CCCC#N. The Bertz CT molecular complexity index is 113. The highest BCUT2D eigenvalue weighted by Crippen LogP contribution is 1.94. The first kappa shape index (κ1) is 7.23. The second kappa shape index (κ2) is 4.39. The number of hydrogen-bond donors (Lipinski definition) is 0. The fourth-order valence-electron chi connectivity index (χ4n) is 0.425. The summed E-state index contributed by atoms with van der Waals surface area (Å²) in [7, 11) is 0. The van der Waals surface area contributed by atoms with Crippen molar-refractivity contribution >= 4 is 0 Å². The van der Waals surface area contributed by atoms with Gasteiger partial charge in [-0.1, -0.05) is 11.6 Å². The number of rotatable bonds is 2. The molecule has 0 heterocycles. The number of nitriles is 1. The Hall–Kier alpha value is -0.770. The normalized spacial score (nSPS) is 7.62. The highest BCUT2D eigenvalue weighted by molar-refractivity contribution is 4.94. The third-order valence-electron chi connectivity index (χ3n) is 0.809. The van der Waals surface area contributed by atoms with Gasteiger partial charge in [0.05, 0.1) is 6.07 Å². The lowest BCUT2D eigenvalue weighted by atomic mass is 10.2. The van der Waals surface area contributed by atoms with Crippen LogP contribution >= 0.6 is 0 Å². The van der Waals surface area contributed by atoms with Crippen molar-refractivity contribution in [3.8, 4) is 6.07 Å². The molecule has 0 aromatic carbocycles. The van der Waals surface area contributed by atoms with E-state index in [1.54, 1.807) is 0 Å². The molecular weight excluding hydrogens is 98.1 g/mol. The quantitative estimate of drug-likeness (QED) is 0.394. The molecule has 0 saturated heterocycles. The summed E-state index contributed by atoms with van der Waals surface area (Å²) in [5.41, 5.74) is 1.29. The van der Waals surface area contributed by atoms with Crippen LogP contribution in [0.3, 0.4) is 0 Å². The van der Waals surface area contributed by atoms with Crippen LogP contribution < -0.4 is 0 Å². The van der Waals surface area contributed by atoms with E-state index >= 15 is 0 Å². The summed E-state index contributed by atoms with van der Waals surface area (Å²) in [5.74, 6) is 0. The summed E-state index contributed by atoms with van der Waals surface area (Å²) in [4.78, 5) is 0. The molecule has 0 aromatic rings. The van der Waals surface area contributed by atoms with Gasteiger partial charge in [-0.2, -0.15) is 5.26 Å². The highest BCUT2D eigenvalue weighted by Gasteiger charge is 1.77. The van der Waals surface area contributed by atoms with Gasteiger partial charge >= 0.3 is 0 Å². The fourth-order valence-corrected chi connectivity index (χ4v) is 0.425. The zero-order chi connectivity index (χ0) is 6.41. The minimum Gasteiger partial charge on any atom is -0.198 e. The Morgan fingerprint density at radius 3 is 2.62 bits per heavy atom. The Morgan fingerprint density at radius 1 is 1.62 bits per heavy atom. The standard InChI is InChI=1S/C7H11N/c1-7(2)5-3-4-6-8/h5H,3-4H2,1-2H3. The molecular formula is C7H11N. The number of unbranched alkanes of at least 4 members (excludes halogenated alkanes) is 1. The fraction of sp³-hybridized carbons (Fsp3) is 0.571. The summed E-state index contributed by atoms with van der Waals surface area (Å²) in [6.45, 7) is 4.08. The van der Waals surface area contributed by atoms with Crippen LogP contribution in [0.4, 0.5) is 0 Å². The van der Waals surface area contributed by atoms with Crippen molar-refractivity contribution < 1.29 is 0 Å². The van der Waals surface area contributed by atoms with E-state index in [0.29, 0.717) is 6.42 Å². The molecule has 0 unspecified atom stereocenters. The van der Waals surface area contributed by atoms with Gasteiger partial charge in [0, 0.05) is 6.42 Å². The van der Waals surface area contributed by atoms with Crippen molar-refractivity contribution in [3.05, 3.63) is 11.6 Å². The van der Waals surface area contributed by atoms with Gasteiger partial charge in [-0.25, -0.2) is 0 Å². The van der Waals surface area contributed by atoms with Crippen LogP contribution in [0.5, 0.6) is 0 Å². The van der Waals surface area contributed by atoms with Crippen molar-refractivity contribution in [1.82, 2.24) is 0 Å². The largest absolute Gasteiger partial charge is 0.198 e. The smallest absolute Gasteiger partial charge is 0.0625 e. The first-order valence-electron chi connectivity index (χ1n) is 2.77. The van der Waals surface area contributed by atoms with Crippen LogP contribution in [0, 0.1) is 11.3 Å². The van der Waals surface area contributed by atoms with Crippen molar-refractivity contribution in [1.29, 1.82) is 5.26 Å². The average molecular weight is 109 g/mol. The molecule has 0 amide bonds. The van der Waals surface area contributed by atoms with Gasteiger partial charge in [-0.3, -0.25) is 0 Å². The first-order valence-corrected chi connectivity index (χ1v) is 2.77. The van der Waals surface area contributed by atoms with E-state index in [0.717, 1.165) is 6.42 Å². The maximum Gasteiger partial charge on any atom is 0.0625 e. The molecule has 0 spiro atoms. The van der Waals surface area contributed by atoms with Gasteiger partial charge in [0.15, 0.2) is 0 Å². The van der Waals surface area contributed by atoms with Crippen LogP contribution in [-0.4, -0.2) is 0 Å². The summed E-state index contributed by atoms with van der Waals surface area (Å²) >= 11 is 0. The van der Waals surface area contributed by atoms with E-state index in [4.69, 9.17) is 5.26 Å². The number of hydrogen-bond acceptors (Lipinski definition) is 1. The van der Waals surface area contributed by atoms with Crippen molar-refractivity contribution in [2.45, 2.75) is 26.7 Å². The minimum absolute atomic E-state index is 0.644.